The standard InChI is InChI=1S/C18H24N4O2/c1-12-6-7-15(11-13(12)2)24-10-8-17(23)22-9-4-5-16(22)18-19-14(3)20-21-18/h6-7,11,16H,4-5,8-10H2,1-3H3,(H,19,20,21)/t16-/m1/s1. The van der Waals surface area contributed by atoms with Gasteiger partial charge in [0.2, 0.25) is 5.91 Å². The number of hydrogen-bond donors (Lipinski definition) is 1. The van der Waals surface area contributed by atoms with E-state index < -0.39 is 0 Å². The molecule has 1 fully saturated rings. The number of likely N-dealkylation sites (tertiary alicyclic amines) is 1. The summed E-state index contributed by atoms with van der Waals surface area (Å²) in [6, 6.07) is 5.98. The largest absolute Gasteiger partial charge is 0.493 e. The van der Waals surface area contributed by atoms with Crippen LogP contribution in [0.5, 0.6) is 5.75 Å². The van der Waals surface area contributed by atoms with Gasteiger partial charge in [-0.3, -0.25) is 9.89 Å². The van der Waals surface area contributed by atoms with Crippen molar-refractivity contribution in [1.29, 1.82) is 0 Å². The monoisotopic (exact) mass is 328 g/mol. The maximum absolute atomic E-state index is 12.5. The molecule has 2 aromatic rings. The summed E-state index contributed by atoms with van der Waals surface area (Å²) in [5.74, 6) is 2.41. The van der Waals surface area contributed by atoms with E-state index in [1.807, 2.05) is 30.0 Å². The second-order valence-corrected chi connectivity index (χ2v) is 6.37. The average Bonchev–Trinajstić information content (AvgIpc) is 3.19. The van der Waals surface area contributed by atoms with Crippen LogP contribution in [0, 0.1) is 20.8 Å². The molecule has 0 bridgehead atoms. The lowest BCUT2D eigenvalue weighted by molar-refractivity contribution is -0.132. The quantitative estimate of drug-likeness (QED) is 0.916. The Labute approximate surface area is 142 Å². The summed E-state index contributed by atoms with van der Waals surface area (Å²) in [6.07, 6.45) is 2.27. The number of aromatic amines is 1. The van der Waals surface area contributed by atoms with Gasteiger partial charge in [0, 0.05) is 6.54 Å². The van der Waals surface area contributed by atoms with Gasteiger partial charge in [0.25, 0.3) is 0 Å². The minimum absolute atomic E-state index is 0.0101. The van der Waals surface area contributed by atoms with Gasteiger partial charge in [-0.15, -0.1) is 0 Å². The molecule has 1 saturated heterocycles. The molecule has 6 nitrogen and oxygen atoms in total. The van der Waals surface area contributed by atoms with E-state index in [-0.39, 0.29) is 11.9 Å². The van der Waals surface area contributed by atoms with Gasteiger partial charge in [0.1, 0.15) is 11.6 Å². The Morgan fingerprint density at radius 2 is 2.17 bits per heavy atom. The highest BCUT2D eigenvalue weighted by atomic mass is 16.5. The Morgan fingerprint density at radius 3 is 2.88 bits per heavy atom. The number of aryl methyl sites for hydroxylation is 3. The summed E-state index contributed by atoms with van der Waals surface area (Å²) in [6.45, 7) is 7.15. The van der Waals surface area contributed by atoms with Crippen LogP contribution in [-0.4, -0.2) is 39.1 Å². The van der Waals surface area contributed by atoms with Crippen LogP contribution in [0.25, 0.3) is 0 Å². The fourth-order valence-electron chi connectivity index (χ4n) is 3.05. The van der Waals surface area contributed by atoms with Crippen molar-refractivity contribution in [3.63, 3.8) is 0 Å². The molecule has 0 unspecified atom stereocenters. The normalized spacial score (nSPS) is 17.3. The third-order valence-corrected chi connectivity index (χ3v) is 4.55. The SMILES string of the molecule is Cc1nc([C@H]2CCCN2C(=O)CCOc2ccc(C)c(C)c2)n[nH]1. The molecule has 0 spiro atoms. The molecule has 1 aromatic heterocycles. The zero-order valence-corrected chi connectivity index (χ0v) is 14.5. The van der Waals surface area contributed by atoms with Gasteiger partial charge in [0.15, 0.2) is 5.82 Å². The number of carbonyl (C=O) groups excluding carboxylic acids is 1. The van der Waals surface area contributed by atoms with Crippen LogP contribution in [-0.2, 0) is 4.79 Å². The molecule has 6 heteroatoms. The number of amides is 1. The first kappa shape index (κ1) is 16.5. The van der Waals surface area contributed by atoms with Gasteiger partial charge in [-0.05, 0) is 56.9 Å². The van der Waals surface area contributed by atoms with Crippen molar-refractivity contribution in [2.75, 3.05) is 13.2 Å². The molecule has 1 N–H and O–H groups in total. The topological polar surface area (TPSA) is 71.1 Å². The van der Waals surface area contributed by atoms with E-state index in [0.717, 1.165) is 31.0 Å². The first-order chi connectivity index (χ1) is 11.5. The fraction of sp³-hybridized carbons (Fsp3) is 0.500. The van der Waals surface area contributed by atoms with Crippen molar-refractivity contribution >= 4 is 5.91 Å². The molecule has 2 heterocycles. The highest BCUT2D eigenvalue weighted by Gasteiger charge is 2.32. The van der Waals surface area contributed by atoms with Crippen molar-refractivity contribution in [2.45, 2.75) is 46.1 Å². The minimum atomic E-state index is -0.0101. The lowest BCUT2D eigenvalue weighted by atomic mass is 10.1. The molecule has 128 valence electrons. The van der Waals surface area contributed by atoms with Crippen molar-refractivity contribution in [3.8, 4) is 5.75 Å². The molecule has 1 aliphatic rings. The first-order valence-corrected chi connectivity index (χ1v) is 8.43. The van der Waals surface area contributed by atoms with Crippen LogP contribution in [0.1, 0.15) is 48.1 Å². The smallest absolute Gasteiger partial charge is 0.226 e. The van der Waals surface area contributed by atoms with E-state index in [0.29, 0.717) is 18.9 Å². The molecule has 1 amide bonds. The maximum Gasteiger partial charge on any atom is 0.226 e. The number of aromatic nitrogens is 3. The third kappa shape index (κ3) is 3.58. The van der Waals surface area contributed by atoms with Gasteiger partial charge < -0.3 is 9.64 Å². The number of H-pyrrole nitrogens is 1. The van der Waals surface area contributed by atoms with Crippen LogP contribution in [0.3, 0.4) is 0 Å². The summed E-state index contributed by atoms with van der Waals surface area (Å²) < 4.78 is 5.73. The summed E-state index contributed by atoms with van der Waals surface area (Å²) >= 11 is 0. The number of nitrogens with zero attached hydrogens (tertiary/aromatic N) is 3. The molecular weight excluding hydrogens is 304 g/mol. The summed E-state index contributed by atoms with van der Waals surface area (Å²) in [5.41, 5.74) is 2.43. The number of carbonyl (C=O) groups is 1. The Hall–Kier alpha value is -2.37. The van der Waals surface area contributed by atoms with E-state index in [2.05, 4.69) is 29.0 Å². The number of nitrogens with one attached hydrogen (secondary N) is 1. The van der Waals surface area contributed by atoms with Gasteiger partial charge in [-0.1, -0.05) is 6.07 Å². The van der Waals surface area contributed by atoms with Crippen LogP contribution >= 0.6 is 0 Å². The number of benzene rings is 1. The molecular formula is C18H24N4O2. The Kier molecular flexibility index (Phi) is 4.83. The van der Waals surface area contributed by atoms with Crippen LogP contribution in [0.4, 0.5) is 0 Å². The molecule has 0 radical (unpaired) electrons. The summed E-state index contributed by atoms with van der Waals surface area (Å²) in [7, 11) is 0. The Morgan fingerprint density at radius 1 is 1.33 bits per heavy atom. The van der Waals surface area contributed by atoms with Crippen LogP contribution < -0.4 is 4.74 Å². The molecule has 1 aromatic carbocycles. The Balaban J connectivity index is 1.55. The highest BCUT2D eigenvalue weighted by Crippen LogP contribution is 2.30. The number of ether oxygens (including phenoxy) is 1. The fourth-order valence-corrected chi connectivity index (χ4v) is 3.05. The van der Waals surface area contributed by atoms with E-state index in [1.165, 1.54) is 11.1 Å². The Bertz CT molecular complexity index is 726. The first-order valence-electron chi connectivity index (χ1n) is 8.43. The van der Waals surface area contributed by atoms with E-state index in [9.17, 15) is 4.79 Å². The van der Waals surface area contributed by atoms with Gasteiger partial charge in [-0.2, -0.15) is 5.10 Å². The molecule has 24 heavy (non-hydrogen) atoms. The number of rotatable bonds is 5. The zero-order valence-electron chi connectivity index (χ0n) is 14.5. The molecule has 0 saturated carbocycles. The van der Waals surface area contributed by atoms with Crippen molar-refractivity contribution < 1.29 is 9.53 Å². The van der Waals surface area contributed by atoms with Gasteiger partial charge in [-0.25, -0.2) is 4.98 Å². The molecule has 3 rings (SSSR count). The highest BCUT2D eigenvalue weighted by molar-refractivity contribution is 5.77. The van der Waals surface area contributed by atoms with Crippen molar-refractivity contribution in [1.82, 2.24) is 20.1 Å². The number of hydrogen-bond acceptors (Lipinski definition) is 4. The van der Waals surface area contributed by atoms with Crippen LogP contribution in [0.15, 0.2) is 18.2 Å². The third-order valence-electron chi connectivity index (χ3n) is 4.55. The minimum Gasteiger partial charge on any atom is -0.493 e. The van der Waals surface area contributed by atoms with E-state index in [1.54, 1.807) is 0 Å². The lowest BCUT2D eigenvalue weighted by Gasteiger charge is -2.22. The van der Waals surface area contributed by atoms with Crippen molar-refractivity contribution in [3.05, 3.63) is 41.0 Å². The lowest BCUT2D eigenvalue weighted by Crippen LogP contribution is -2.32. The zero-order chi connectivity index (χ0) is 17.1. The van der Waals surface area contributed by atoms with Crippen LogP contribution in [0.2, 0.25) is 0 Å². The van der Waals surface area contributed by atoms with Gasteiger partial charge in [0.05, 0.1) is 19.1 Å². The average molecular weight is 328 g/mol. The van der Waals surface area contributed by atoms with Crippen molar-refractivity contribution in [2.24, 2.45) is 0 Å². The summed E-state index contributed by atoms with van der Waals surface area (Å²) in [4.78, 5) is 18.8. The van der Waals surface area contributed by atoms with E-state index >= 15 is 0 Å². The van der Waals surface area contributed by atoms with E-state index in [4.69, 9.17) is 4.74 Å². The second kappa shape index (κ2) is 7.03. The molecule has 0 aliphatic carbocycles. The predicted molar refractivity (Wildman–Crippen MR) is 90.8 cm³/mol. The summed E-state index contributed by atoms with van der Waals surface area (Å²) in [5, 5.41) is 7.07. The molecule has 1 aliphatic heterocycles. The second-order valence-electron chi connectivity index (χ2n) is 6.37. The molecule has 1 atom stereocenters. The van der Waals surface area contributed by atoms with Gasteiger partial charge >= 0.3 is 0 Å². The maximum atomic E-state index is 12.5. The predicted octanol–water partition coefficient (Wildman–Crippen LogP) is 2.86.